The molecule has 2 unspecified atom stereocenters. The van der Waals surface area contributed by atoms with E-state index in [-0.39, 0.29) is 11.8 Å². The molecule has 0 aliphatic heterocycles. The van der Waals surface area contributed by atoms with Crippen LogP contribution in [0.2, 0.25) is 0 Å². The molecular weight excluding hydrogens is 198 g/mol. The van der Waals surface area contributed by atoms with Crippen LogP contribution >= 0.6 is 0 Å². The second-order valence-electron chi connectivity index (χ2n) is 5.55. The molecule has 94 valence electrons. The first-order valence-corrected chi connectivity index (χ1v) is 6.87. The molecule has 0 bridgehead atoms. The van der Waals surface area contributed by atoms with Gasteiger partial charge in [-0.15, -0.1) is 0 Å². The molecule has 2 atom stereocenters. The summed E-state index contributed by atoms with van der Waals surface area (Å²) < 4.78 is 0. The number of carbonyl (C=O) groups is 1. The summed E-state index contributed by atoms with van der Waals surface area (Å²) in [6.07, 6.45) is 10.8. The maximum absolute atomic E-state index is 11.1. The number of Topliss-reactive ketones (excluding diaryl/α,β-unsaturated/α-hetero) is 1. The van der Waals surface area contributed by atoms with E-state index in [1.807, 2.05) is 0 Å². The number of rotatable bonds is 8. The molecule has 1 rings (SSSR count). The summed E-state index contributed by atoms with van der Waals surface area (Å²) in [5, 5.41) is 0. The Bertz CT molecular complexity index is 211. The highest BCUT2D eigenvalue weighted by atomic mass is 16.1. The van der Waals surface area contributed by atoms with Gasteiger partial charge in [-0.25, -0.2) is 0 Å². The van der Waals surface area contributed by atoms with Crippen molar-refractivity contribution in [2.24, 2.45) is 17.6 Å². The highest BCUT2D eigenvalue weighted by Gasteiger charge is 2.18. The summed E-state index contributed by atoms with van der Waals surface area (Å²) in [6.45, 7) is 3.69. The van der Waals surface area contributed by atoms with Gasteiger partial charge in [-0.1, -0.05) is 51.9 Å². The van der Waals surface area contributed by atoms with Crippen LogP contribution < -0.4 is 5.73 Å². The van der Waals surface area contributed by atoms with Gasteiger partial charge in [0.1, 0.15) is 5.78 Å². The lowest BCUT2D eigenvalue weighted by Gasteiger charge is -2.25. The van der Waals surface area contributed by atoms with Crippen molar-refractivity contribution in [1.82, 2.24) is 0 Å². The molecule has 16 heavy (non-hydrogen) atoms. The van der Waals surface area contributed by atoms with Crippen molar-refractivity contribution in [1.29, 1.82) is 0 Å². The molecule has 0 saturated heterocycles. The summed E-state index contributed by atoms with van der Waals surface area (Å²) >= 11 is 0. The van der Waals surface area contributed by atoms with E-state index >= 15 is 0 Å². The number of ketones is 1. The minimum absolute atomic E-state index is 0.127. The smallest absolute Gasteiger partial charge is 0.146 e. The Labute approximate surface area is 100.0 Å². The molecule has 2 N–H and O–H groups in total. The average Bonchev–Trinajstić information content (AvgIpc) is 2.18. The number of hydrogen-bond acceptors (Lipinski definition) is 2. The number of hydrogen-bond donors (Lipinski definition) is 1. The van der Waals surface area contributed by atoms with Crippen LogP contribution in [0.3, 0.4) is 0 Å². The fourth-order valence-corrected chi connectivity index (χ4v) is 2.44. The van der Waals surface area contributed by atoms with E-state index in [2.05, 4.69) is 6.92 Å². The van der Waals surface area contributed by atoms with Crippen LogP contribution in [-0.4, -0.2) is 11.8 Å². The Kier molecular flexibility index (Phi) is 6.04. The minimum Gasteiger partial charge on any atom is -0.321 e. The molecule has 0 radical (unpaired) electrons. The van der Waals surface area contributed by atoms with E-state index in [0.717, 1.165) is 12.3 Å². The molecule has 1 saturated carbocycles. The molecule has 0 aromatic heterocycles. The van der Waals surface area contributed by atoms with Gasteiger partial charge in [-0.3, -0.25) is 4.79 Å². The minimum atomic E-state index is -0.244. The standard InChI is InChI=1S/C14H27NO/c1-11(14(15)12(2)16)7-4-3-5-8-13-9-6-10-13/h11,13-14H,3-10,15H2,1-2H3. The second kappa shape index (κ2) is 7.05. The normalized spacial score (nSPS) is 20.2. The van der Waals surface area contributed by atoms with Gasteiger partial charge in [0.05, 0.1) is 6.04 Å². The van der Waals surface area contributed by atoms with Crippen molar-refractivity contribution in [3.8, 4) is 0 Å². The molecule has 1 aliphatic rings. The van der Waals surface area contributed by atoms with E-state index in [9.17, 15) is 4.79 Å². The average molecular weight is 225 g/mol. The Morgan fingerprint density at radius 1 is 1.31 bits per heavy atom. The Hall–Kier alpha value is -0.370. The van der Waals surface area contributed by atoms with Crippen LogP contribution in [0.5, 0.6) is 0 Å². The predicted molar refractivity (Wildman–Crippen MR) is 68.2 cm³/mol. The maximum atomic E-state index is 11.1. The second-order valence-corrected chi connectivity index (χ2v) is 5.55. The van der Waals surface area contributed by atoms with Crippen molar-refractivity contribution in [2.45, 2.75) is 71.3 Å². The van der Waals surface area contributed by atoms with Crippen LogP contribution in [-0.2, 0) is 4.79 Å². The number of nitrogens with two attached hydrogens (primary N) is 1. The predicted octanol–water partition coefficient (Wildman–Crippen LogP) is 3.29. The van der Waals surface area contributed by atoms with Gasteiger partial charge in [-0.05, 0) is 25.2 Å². The van der Waals surface area contributed by atoms with Gasteiger partial charge in [0, 0.05) is 0 Å². The van der Waals surface area contributed by atoms with E-state index in [4.69, 9.17) is 5.73 Å². The first-order chi connectivity index (χ1) is 7.61. The molecule has 0 aromatic carbocycles. The zero-order valence-corrected chi connectivity index (χ0v) is 10.9. The summed E-state index contributed by atoms with van der Waals surface area (Å²) in [5.74, 6) is 1.51. The number of carbonyl (C=O) groups excluding carboxylic acids is 1. The Balaban J connectivity index is 1.95. The van der Waals surface area contributed by atoms with Gasteiger partial charge >= 0.3 is 0 Å². The topological polar surface area (TPSA) is 43.1 Å². The highest BCUT2D eigenvalue weighted by Crippen LogP contribution is 2.31. The summed E-state index contributed by atoms with van der Waals surface area (Å²) in [6, 6.07) is -0.244. The van der Waals surface area contributed by atoms with Crippen molar-refractivity contribution in [3.05, 3.63) is 0 Å². The lowest BCUT2D eigenvalue weighted by atomic mass is 9.81. The fourth-order valence-electron chi connectivity index (χ4n) is 2.44. The number of unbranched alkanes of at least 4 members (excludes halogenated alkanes) is 2. The Morgan fingerprint density at radius 2 is 2.00 bits per heavy atom. The molecule has 2 heteroatoms. The molecule has 0 aromatic rings. The van der Waals surface area contributed by atoms with Crippen LogP contribution in [0.25, 0.3) is 0 Å². The van der Waals surface area contributed by atoms with E-state index < -0.39 is 0 Å². The first-order valence-electron chi connectivity index (χ1n) is 6.87. The van der Waals surface area contributed by atoms with Gasteiger partial charge in [0.2, 0.25) is 0 Å². The third-order valence-electron chi connectivity index (χ3n) is 4.08. The lowest BCUT2D eigenvalue weighted by molar-refractivity contribution is -0.119. The lowest BCUT2D eigenvalue weighted by Crippen LogP contribution is -2.35. The van der Waals surface area contributed by atoms with Crippen LogP contribution in [0.15, 0.2) is 0 Å². The maximum Gasteiger partial charge on any atom is 0.146 e. The van der Waals surface area contributed by atoms with E-state index in [0.29, 0.717) is 5.92 Å². The Morgan fingerprint density at radius 3 is 2.50 bits per heavy atom. The van der Waals surface area contributed by atoms with Gasteiger partial charge in [-0.2, -0.15) is 0 Å². The summed E-state index contributed by atoms with van der Waals surface area (Å²) in [5.41, 5.74) is 5.80. The fraction of sp³-hybridized carbons (Fsp3) is 0.929. The van der Waals surface area contributed by atoms with Gasteiger partial charge < -0.3 is 5.73 Å². The van der Waals surface area contributed by atoms with Crippen molar-refractivity contribution in [2.75, 3.05) is 0 Å². The molecule has 2 nitrogen and oxygen atoms in total. The third-order valence-corrected chi connectivity index (χ3v) is 4.08. The van der Waals surface area contributed by atoms with E-state index in [1.165, 1.54) is 44.9 Å². The molecule has 1 fully saturated rings. The summed E-state index contributed by atoms with van der Waals surface area (Å²) in [4.78, 5) is 11.1. The molecule has 0 amide bonds. The molecule has 1 aliphatic carbocycles. The van der Waals surface area contributed by atoms with Crippen molar-refractivity contribution in [3.63, 3.8) is 0 Å². The summed E-state index contributed by atoms with van der Waals surface area (Å²) in [7, 11) is 0. The van der Waals surface area contributed by atoms with E-state index in [1.54, 1.807) is 6.92 Å². The van der Waals surface area contributed by atoms with Crippen molar-refractivity contribution >= 4 is 5.78 Å². The zero-order valence-electron chi connectivity index (χ0n) is 10.9. The third kappa shape index (κ3) is 4.65. The highest BCUT2D eigenvalue weighted by molar-refractivity contribution is 5.81. The molecule has 0 heterocycles. The largest absolute Gasteiger partial charge is 0.321 e. The van der Waals surface area contributed by atoms with Crippen molar-refractivity contribution < 1.29 is 4.79 Å². The van der Waals surface area contributed by atoms with Crippen LogP contribution in [0, 0.1) is 11.8 Å². The first kappa shape index (κ1) is 13.7. The molecular formula is C14H27NO. The van der Waals surface area contributed by atoms with Crippen LogP contribution in [0.4, 0.5) is 0 Å². The molecule has 0 spiro atoms. The van der Waals surface area contributed by atoms with Crippen LogP contribution in [0.1, 0.15) is 65.2 Å². The quantitative estimate of drug-likeness (QED) is 0.644. The SMILES string of the molecule is CC(=O)C(N)C(C)CCCCCC1CCC1. The van der Waals surface area contributed by atoms with Gasteiger partial charge in [0.15, 0.2) is 0 Å². The monoisotopic (exact) mass is 225 g/mol. The van der Waals surface area contributed by atoms with Gasteiger partial charge in [0.25, 0.3) is 0 Å². The zero-order chi connectivity index (χ0) is 12.0.